The Morgan fingerprint density at radius 1 is 0.960 bits per heavy atom. The maximum Gasteiger partial charge on any atom is 0.271 e. The van der Waals surface area contributed by atoms with Crippen LogP contribution in [0.15, 0.2) is 61.1 Å². The molecule has 0 radical (unpaired) electrons. The number of carbonyl (C=O) groups is 1. The van der Waals surface area contributed by atoms with Crippen LogP contribution in [0.1, 0.15) is 27.3 Å². The van der Waals surface area contributed by atoms with Crippen LogP contribution in [-0.4, -0.2) is 20.9 Å². The van der Waals surface area contributed by atoms with Gasteiger partial charge in [-0.3, -0.25) is 9.78 Å². The van der Waals surface area contributed by atoms with E-state index in [4.69, 9.17) is 0 Å². The molecular weight excluding hydrogens is 314 g/mol. The van der Waals surface area contributed by atoms with E-state index in [-0.39, 0.29) is 11.6 Å². The number of pyridine rings is 1. The van der Waals surface area contributed by atoms with E-state index >= 15 is 0 Å². The number of anilines is 1. The first-order chi connectivity index (χ1) is 12.2. The van der Waals surface area contributed by atoms with Crippen LogP contribution < -0.4 is 10.6 Å². The van der Waals surface area contributed by atoms with Gasteiger partial charge in [-0.05, 0) is 24.6 Å². The number of nitrogens with one attached hydrogen (secondary N) is 2. The fraction of sp³-hybridized carbons (Fsp3) is 0.158. The second-order valence-corrected chi connectivity index (χ2v) is 5.63. The minimum atomic E-state index is -0.246. The first-order valence-electron chi connectivity index (χ1n) is 8.00. The molecule has 25 heavy (non-hydrogen) atoms. The van der Waals surface area contributed by atoms with Gasteiger partial charge in [0.15, 0.2) is 0 Å². The van der Waals surface area contributed by atoms with Crippen molar-refractivity contribution in [2.75, 3.05) is 5.32 Å². The average molecular weight is 333 g/mol. The quantitative estimate of drug-likeness (QED) is 0.725. The topological polar surface area (TPSA) is 79.8 Å². The van der Waals surface area contributed by atoms with Gasteiger partial charge in [0, 0.05) is 12.7 Å². The van der Waals surface area contributed by atoms with Crippen LogP contribution in [0.3, 0.4) is 0 Å². The molecule has 0 aliphatic heterocycles. The van der Waals surface area contributed by atoms with Gasteiger partial charge in [-0.25, -0.2) is 9.97 Å². The van der Waals surface area contributed by atoms with Crippen LogP contribution >= 0.6 is 0 Å². The van der Waals surface area contributed by atoms with Crippen LogP contribution in [0.2, 0.25) is 0 Å². The average Bonchev–Trinajstić information content (AvgIpc) is 2.67. The summed E-state index contributed by atoms with van der Waals surface area (Å²) in [6.45, 7) is 3.04. The second-order valence-electron chi connectivity index (χ2n) is 5.63. The highest BCUT2D eigenvalue weighted by molar-refractivity contribution is 5.91. The minimum absolute atomic E-state index is 0.246. The van der Waals surface area contributed by atoms with Crippen LogP contribution in [0, 0.1) is 6.92 Å². The summed E-state index contributed by atoms with van der Waals surface area (Å²) in [6.07, 6.45) is 4.75. The first-order valence-corrected chi connectivity index (χ1v) is 8.00. The third-order valence-corrected chi connectivity index (χ3v) is 3.63. The number of aromatic nitrogens is 3. The number of nitrogens with zero attached hydrogens (tertiary/aromatic N) is 3. The lowest BCUT2D eigenvalue weighted by atomic mass is 10.1. The van der Waals surface area contributed by atoms with Gasteiger partial charge >= 0.3 is 0 Å². The van der Waals surface area contributed by atoms with Gasteiger partial charge in [0.1, 0.15) is 11.5 Å². The van der Waals surface area contributed by atoms with Gasteiger partial charge in [0.25, 0.3) is 5.91 Å². The molecule has 2 N–H and O–H groups in total. The summed E-state index contributed by atoms with van der Waals surface area (Å²) in [6, 6.07) is 13.7. The number of aryl methyl sites for hydroxylation is 1. The van der Waals surface area contributed by atoms with Crippen molar-refractivity contribution >= 4 is 11.7 Å². The minimum Gasteiger partial charge on any atom is -0.363 e. The van der Waals surface area contributed by atoms with E-state index in [9.17, 15) is 4.79 Å². The highest BCUT2D eigenvalue weighted by Crippen LogP contribution is 2.05. The van der Waals surface area contributed by atoms with E-state index in [0.717, 1.165) is 11.3 Å². The fourth-order valence-corrected chi connectivity index (χ4v) is 2.20. The first kappa shape index (κ1) is 16.6. The highest BCUT2D eigenvalue weighted by atomic mass is 16.1. The van der Waals surface area contributed by atoms with E-state index in [2.05, 4.69) is 25.6 Å². The monoisotopic (exact) mass is 333 g/mol. The Bertz CT molecular complexity index is 817. The molecule has 0 bridgehead atoms. The molecule has 0 saturated carbocycles. The molecule has 0 saturated heterocycles. The summed E-state index contributed by atoms with van der Waals surface area (Å²) in [7, 11) is 0. The Morgan fingerprint density at radius 3 is 2.48 bits per heavy atom. The molecule has 1 aromatic carbocycles. The molecule has 6 heteroatoms. The molecule has 0 aliphatic rings. The summed E-state index contributed by atoms with van der Waals surface area (Å²) < 4.78 is 0. The molecule has 0 spiro atoms. The molecule has 126 valence electrons. The number of hydrogen-bond donors (Lipinski definition) is 2. The van der Waals surface area contributed by atoms with Gasteiger partial charge in [0.2, 0.25) is 0 Å². The number of rotatable bonds is 6. The van der Waals surface area contributed by atoms with Crippen molar-refractivity contribution in [3.8, 4) is 0 Å². The summed E-state index contributed by atoms with van der Waals surface area (Å²) >= 11 is 0. The summed E-state index contributed by atoms with van der Waals surface area (Å²) in [5.74, 6) is 0.352. The van der Waals surface area contributed by atoms with E-state index in [1.54, 1.807) is 12.4 Å². The van der Waals surface area contributed by atoms with E-state index in [1.807, 2.05) is 49.4 Å². The van der Waals surface area contributed by atoms with Gasteiger partial charge in [-0.1, -0.05) is 35.9 Å². The number of benzene rings is 1. The maximum atomic E-state index is 12.1. The van der Waals surface area contributed by atoms with Crippen molar-refractivity contribution in [1.29, 1.82) is 0 Å². The zero-order valence-corrected chi connectivity index (χ0v) is 13.9. The highest BCUT2D eigenvalue weighted by Gasteiger charge is 2.08. The third-order valence-electron chi connectivity index (χ3n) is 3.63. The second kappa shape index (κ2) is 8.01. The fourth-order valence-electron chi connectivity index (χ4n) is 2.20. The zero-order chi connectivity index (χ0) is 17.5. The SMILES string of the molecule is Cc1ccc(CNC(=O)c2cnc(NCc3ccccn3)cn2)cc1. The molecule has 3 rings (SSSR count). The van der Waals surface area contributed by atoms with Crippen molar-refractivity contribution in [2.45, 2.75) is 20.0 Å². The van der Waals surface area contributed by atoms with Crippen molar-refractivity contribution in [1.82, 2.24) is 20.3 Å². The van der Waals surface area contributed by atoms with E-state index in [0.29, 0.717) is 18.9 Å². The van der Waals surface area contributed by atoms with Crippen LogP contribution in [0.4, 0.5) is 5.82 Å². The lowest BCUT2D eigenvalue weighted by Gasteiger charge is -2.07. The number of hydrogen-bond acceptors (Lipinski definition) is 5. The van der Waals surface area contributed by atoms with Crippen molar-refractivity contribution in [3.63, 3.8) is 0 Å². The molecule has 3 aromatic rings. The molecule has 2 heterocycles. The zero-order valence-electron chi connectivity index (χ0n) is 13.9. The largest absolute Gasteiger partial charge is 0.363 e. The third kappa shape index (κ3) is 4.84. The van der Waals surface area contributed by atoms with Crippen LogP contribution in [-0.2, 0) is 13.1 Å². The Labute approximate surface area is 146 Å². The van der Waals surface area contributed by atoms with E-state index < -0.39 is 0 Å². The molecule has 0 atom stereocenters. The predicted molar refractivity (Wildman–Crippen MR) is 95.9 cm³/mol. The number of carbonyl (C=O) groups excluding carboxylic acids is 1. The summed E-state index contributed by atoms with van der Waals surface area (Å²) in [4.78, 5) is 24.7. The molecular formula is C19H19N5O. The molecule has 0 unspecified atom stereocenters. The molecule has 6 nitrogen and oxygen atoms in total. The molecule has 1 amide bonds. The Balaban J connectivity index is 1.52. The summed E-state index contributed by atoms with van der Waals surface area (Å²) in [5, 5.41) is 5.96. The van der Waals surface area contributed by atoms with Crippen molar-refractivity contribution in [3.05, 3.63) is 83.6 Å². The summed E-state index contributed by atoms with van der Waals surface area (Å²) in [5.41, 5.74) is 3.43. The van der Waals surface area contributed by atoms with Crippen LogP contribution in [0.5, 0.6) is 0 Å². The van der Waals surface area contributed by atoms with E-state index in [1.165, 1.54) is 11.8 Å². The standard InChI is InChI=1S/C19H19N5O/c1-14-5-7-15(8-6-14)10-24-19(25)17-12-23-18(13-21-17)22-11-16-4-2-3-9-20-16/h2-9,12-13H,10-11H2,1H3,(H,22,23)(H,24,25). The van der Waals surface area contributed by atoms with Gasteiger partial charge in [-0.15, -0.1) is 0 Å². The lowest BCUT2D eigenvalue weighted by Crippen LogP contribution is -2.24. The Morgan fingerprint density at radius 2 is 1.80 bits per heavy atom. The number of amides is 1. The predicted octanol–water partition coefficient (Wildman–Crippen LogP) is 2.72. The molecule has 0 fully saturated rings. The van der Waals surface area contributed by atoms with Gasteiger partial charge in [-0.2, -0.15) is 0 Å². The van der Waals surface area contributed by atoms with Gasteiger partial charge in [0.05, 0.1) is 24.6 Å². The lowest BCUT2D eigenvalue weighted by molar-refractivity contribution is 0.0945. The molecule has 2 aromatic heterocycles. The van der Waals surface area contributed by atoms with Gasteiger partial charge < -0.3 is 10.6 Å². The maximum absolute atomic E-state index is 12.1. The smallest absolute Gasteiger partial charge is 0.271 e. The normalized spacial score (nSPS) is 10.3. The van der Waals surface area contributed by atoms with Crippen molar-refractivity contribution < 1.29 is 4.79 Å². The van der Waals surface area contributed by atoms with Crippen LogP contribution in [0.25, 0.3) is 0 Å². The Hall–Kier alpha value is -3.28. The van der Waals surface area contributed by atoms with Crippen molar-refractivity contribution in [2.24, 2.45) is 0 Å². The molecule has 0 aliphatic carbocycles. The Kier molecular flexibility index (Phi) is 5.31.